The van der Waals surface area contributed by atoms with E-state index in [1.54, 1.807) is 30.3 Å². The van der Waals surface area contributed by atoms with Crippen LogP contribution in [0.15, 0.2) is 89.6 Å². The van der Waals surface area contributed by atoms with E-state index in [0.29, 0.717) is 22.4 Å². The topological polar surface area (TPSA) is 75.7 Å². The van der Waals surface area contributed by atoms with E-state index in [0.717, 1.165) is 12.1 Å². The molecule has 4 rings (SSSR count). The molecule has 0 unspecified atom stereocenters. The minimum absolute atomic E-state index is 0.230. The summed E-state index contributed by atoms with van der Waals surface area (Å²) in [6.45, 7) is 0. The molecule has 1 aliphatic rings. The van der Waals surface area contributed by atoms with Crippen molar-refractivity contribution in [2.24, 2.45) is 0 Å². The Labute approximate surface area is 196 Å². The molecule has 172 valence electrons. The summed E-state index contributed by atoms with van der Waals surface area (Å²) in [6.07, 6.45) is -4.65. The summed E-state index contributed by atoms with van der Waals surface area (Å²) in [5.74, 6) is -2.10. The Morgan fingerprint density at radius 1 is 0.882 bits per heavy atom. The Morgan fingerprint density at radius 3 is 2.21 bits per heavy atom. The largest absolute Gasteiger partial charge is 0.423 e. The molecule has 34 heavy (non-hydrogen) atoms. The van der Waals surface area contributed by atoms with Gasteiger partial charge in [-0.2, -0.15) is 13.2 Å². The second kappa shape index (κ2) is 9.03. The van der Waals surface area contributed by atoms with E-state index in [9.17, 15) is 27.6 Å². The summed E-state index contributed by atoms with van der Waals surface area (Å²) in [7, 11) is 0. The molecule has 1 aliphatic heterocycles. The van der Waals surface area contributed by atoms with Crippen molar-refractivity contribution < 1.29 is 32.3 Å². The first-order valence-corrected chi connectivity index (χ1v) is 10.1. The number of alkyl halides is 3. The zero-order valence-corrected chi connectivity index (χ0v) is 17.9. The minimum Gasteiger partial charge on any atom is -0.423 e. The average molecular weight is 487 g/mol. The third-order valence-electron chi connectivity index (χ3n) is 4.80. The first kappa shape index (κ1) is 23.1. The van der Waals surface area contributed by atoms with Gasteiger partial charge in [-0.05, 0) is 54.6 Å². The number of halogens is 4. The number of nitrogens with zero attached hydrogens (tertiary/aromatic N) is 1. The summed E-state index contributed by atoms with van der Waals surface area (Å²) < 4.78 is 44.3. The van der Waals surface area contributed by atoms with Gasteiger partial charge < -0.3 is 10.1 Å². The van der Waals surface area contributed by atoms with Gasteiger partial charge in [0.1, 0.15) is 16.5 Å². The van der Waals surface area contributed by atoms with Crippen LogP contribution in [0.25, 0.3) is 0 Å². The maximum atomic E-state index is 13.0. The van der Waals surface area contributed by atoms with E-state index in [-0.39, 0.29) is 16.9 Å². The predicted octanol–water partition coefficient (Wildman–Crippen LogP) is 5.36. The quantitative estimate of drug-likeness (QED) is 0.298. The van der Waals surface area contributed by atoms with E-state index >= 15 is 0 Å². The number of para-hydroxylation sites is 1. The summed E-state index contributed by atoms with van der Waals surface area (Å²) >= 11 is 6.03. The standard InChI is InChI=1S/C24H14ClF3N2O4/c25-19-20(22(32)30(21(19)31)17-6-4-5-15(13-17)24(26,27)28)29-16-11-9-14(10-12-16)23(33)34-18-7-2-1-3-8-18/h1-13,29H. The second-order valence-corrected chi connectivity index (χ2v) is 7.47. The molecule has 0 fully saturated rings. The Hall–Kier alpha value is -4.11. The smallest absolute Gasteiger partial charge is 0.416 e. The summed E-state index contributed by atoms with van der Waals surface area (Å²) in [4.78, 5) is 38.2. The fourth-order valence-corrected chi connectivity index (χ4v) is 3.37. The van der Waals surface area contributed by atoms with Gasteiger partial charge in [0.2, 0.25) is 0 Å². The molecule has 6 nitrogen and oxygen atoms in total. The minimum atomic E-state index is -4.65. The first-order valence-electron chi connectivity index (χ1n) is 9.75. The number of ether oxygens (including phenoxy) is 1. The van der Waals surface area contributed by atoms with Crippen molar-refractivity contribution in [1.82, 2.24) is 0 Å². The number of anilines is 2. The van der Waals surface area contributed by atoms with Gasteiger partial charge >= 0.3 is 12.1 Å². The van der Waals surface area contributed by atoms with Crippen LogP contribution in [-0.4, -0.2) is 17.8 Å². The summed E-state index contributed by atoms with van der Waals surface area (Å²) in [5, 5.41) is 2.22. The number of hydrogen-bond donors (Lipinski definition) is 1. The lowest BCUT2D eigenvalue weighted by atomic mass is 10.2. The molecular weight excluding hydrogens is 473 g/mol. The summed E-state index contributed by atoms with van der Waals surface area (Å²) in [5.41, 5.74) is -1.03. The van der Waals surface area contributed by atoms with E-state index in [2.05, 4.69) is 5.32 Å². The van der Waals surface area contributed by atoms with Gasteiger partial charge in [0.05, 0.1) is 16.8 Å². The number of carbonyl (C=O) groups is 3. The Balaban J connectivity index is 1.50. The molecule has 10 heteroatoms. The van der Waals surface area contributed by atoms with Crippen LogP contribution in [0.3, 0.4) is 0 Å². The third-order valence-corrected chi connectivity index (χ3v) is 5.15. The number of imide groups is 1. The van der Waals surface area contributed by atoms with Crippen LogP contribution in [0.2, 0.25) is 0 Å². The van der Waals surface area contributed by atoms with Crippen molar-refractivity contribution in [2.45, 2.75) is 6.18 Å². The monoisotopic (exact) mass is 486 g/mol. The van der Waals surface area contributed by atoms with Crippen molar-refractivity contribution >= 4 is 40.8 Å². The molecule has 0 radical (unpaired) electrons. The zero-order valence-electron chi connectivity index (χ0n) is 17.1. The van der Waals surface area contributed by atoms with Gasteiger partial charge in [-0.25, -0.2) is 9.69 Å². The Bertz CT molecular complexity index is 1310. The first-order chi connectivity index (χ1) is 16.1. The molecule has 1 heterocycles. The van der Waals surface area contributed by atoms with Gasteiger partial charge in [-0.3, -0.25) is 9.59 Å². The number of rotatable bonds is 5. The van der Waals surface area contributed by atoms with Crippen LogP contribution >= 0.6 is 11.6 Å². The normalized spacial score (nSPS) is 13.9. The van der Waals surface area contributed by atoms with Crippen LogP contribution in [0.1, 0.15) is 15.9 Å². The maximum absolute atomic E-state index is 13.0. The van der Waals surface area contributed by atoms with E-state index in [4.69, 9.17) is 16.3 Å². The van der Waals surface area contributed by atoms with Crippen molar-refractivity contribution in [3.8, 4) is 5.75 Å². The molecular formula is C24H14ClF3N2O4. The van der Waals surface area contributed by atoms with Gasteiger partial charge in [0.25, 0.3) is 11.8 Å². The van der Waals surface area contributed by atoms with Crippen LogP contribution < -0.4 is 15.0 Å². The molecule has 3 aromatic rings. The lowest BCUT2D eigenvalue weighted by molar-refractivity contribution is -0.137. The van der Waals surface area contributed by atoms with E-state index in [1.165, 1.54) is 30.3 Å². The molecule has 3 aromatic carbocycles. The fourth-order valence-electron chi connectivity index (χ4n) is 3.16. The van der Waals surface area contributed by atoms with Crippen molar-refractivity contribution in [3.05, 3.63) is 101 Å². The second-order valence-electron chi connectivity index (χ2n) is 7.09. The molecule has 0 spiro atoms. The van der Waals surface area contributed by atoms with Gasteiger partial charge in [-0.15, -0.1) is 0 Å². The molecule has 0 aromatic heterocycles. The number of amides is 2. The molecule has 0 saturated carbocycles. The fraction of sp³-hybridized carbons (Fsp3) is 0.0417. The Kier molecular flexibility index (Phi) is 6.12. The number of carbonyl (C=O) groups excluding carboxylic acids is 3. The zero-order chi connectivity index (χ0) is 24.5. The van der Waals surface area contributed by atoms with Gasteiger partial charge in [-0.1, -0.05) is 35.9 Å². The van der Waals surface area contributed by atoms with E-state index in [1.807, 2.05) is 0 Å². The van der Waals surface area contributed by atoms with E-state index < -0.39 is 34.6 Å². The van der Waals surface area contributed by atoms with Gasteiger partial charge in [0.15, 0.2) is 0 Å². The number of benzene rings is 3. The molecule has 0 saturated heterocycles. The number of hydrogen-bond acceptors (Lipinski definition) is 5. The van der Waals surface area contributed by atoms with Crippen molar-refractivity contribution in [3.63, 3.8) is 0 Å². The van der Waals surface area contributed by atoms with Crippen LogP contribution in [0.5, 0.6) is 5.75 Å². The summed E-state index contributed by atoms with van der Waals surface area (Å²) in [6, 6.07) is 18.1. The lowest BCUT2D eigenvalue weighted by Crippen LogP contribution is -2.32. The number of nitrogens with one attached hydrogen (secondary N) is 1. The highest BCUT2D eigenvalue weighted by atomic mass is 35.5. The molecule has 1 N–H and O–H groups in total. The highest BCUT2D eigenvalue weighted by Crippen LogP contribution is 2.35. The predicted molar refractivity (Wildman–Crippen MR) is 118 cm³/mol. The molecule has 2 amide bonds. The van der Waals surface area contributed by atoms with Crippen molar-refractivity contribution in [1.29, 1.82) is 0 Å². The SMILES string of the molecule is O=C(Oc1ccccc1)c1ccc(NC2=C(Cl)C(=O)N(c3cccc(C(F)(F)F)c3)C2=O)cc1. The molecule has 0 bridgehead atoms. The lowest BCUT2D eigenvalue weighted by Gasteiger charge is -2.17. The molecule has 0 aliphatic carbocycles. The van der Waals surface area contributed by atoms with Crippen LogP contribution in [-0.2, 0) is 15.8 Å². The average Bonchev–Trinajstić information content (AvgIpc) is 3.02. The number of esters is 1. The molecule has 0 atom stereocenters. The van der Waals surface area contributed by atoms with Gasteiger partial charge in [0, 0.05) is 5.69 Å². The highest BCUT2D eigenvalue weighted by molar-refractivity contribution is 6.53. The van der Waals surface area contributed by atoms with Crippen molar-refractivity contribution in [2.75, 3.05) is 10.2 Å². The highest BCUT2D eigenvalue weighted by Gasteiger charge is 2.40. The third kappa shape index (κ3) is 4.65. The maximum Gasteiger partial charge on any atom is 0.416 e. The van der Waals surface area contributed by atoms with Crippen LogP contribution in [0, 0.1) is 0 Å². The van der Waals surface area contributed by atoms with Crippen LogP contribution in [0.4, 0.5) is 24.5 Å². The Morgan fingerprint density at radius 2 is 1.56 bits per heavy atom.